The third-order valence-corrected chi connectivity index (χ3v) is 8.13. The molecule has 2 nitrogen and oxygen atoms in total. The average molecular weight is 578 g/mol. The summed E-state index contributed by atoms with van der Waals surface area (Å²) in [6.45, 7) is 10.5. The van der Waals surface area contributed by atoms with Crippen molar-refractivity contribution in [1.29, 1.82) is 0 Å². The van der Waals surface area contributed by atoms with E-state index in [9.17, 15) is 0 Å². The highest BCUT2D eigenvalue weighted by atomic mass is 79.9. The van der Waals surface area contributed by atoms with Crippen LogP contribution in [0.1, 0.15) is 91.0 Å². The Hall–Kier alpha value is -0.840. The summed E-state index contributed by atoms with van der Waals surface area (Å²) in [5.74, 6) is 0. The lowest BCUT2D eigenvalue weighted by atomic mass is 10.00. The van der Waals surface area contributed by atoms with Crippen LogP contribution in [0, 0.1) is 0 Å². The summed E-state index contributed by atoms with van der Waals surface area (Å²) in [5, 5.41) is 2.75. The number of rotatable bonds is 15. The second-order valence-electron chi connectivity index (χ2n) is 9.43. The summed E-state index contributed by atoms with van der Waals surface area (Å²) in [5.41, 5.74) is 2.75. The van der Waals surface area contributed by atoms with Crippen LogP contribution < -0.4 is 0 Å². The zero-order chi connectivity index (χ0) is 23.6. The van der Waals surface area contributed by atoms with E-state index in [1.807, 2.05) is 0 Å². The van der Waals surface area contributed by atoms with Gasteiger partial charge in [-0.05, 0) is 63.2 Å². The normalized spacial score (nSPS) is 12.9. The summed E-state index contributed by atoms with van der Waals surface area (Å²) in [6, 6.07) is 14.1. The lowest BCUT2D eigenvalue weighted by Crippen LogP contribution is -2.23. The van der Waals surface area contributed by atoms with Crippen LogP contribution in [0.5, 0.6) is 0 Å². The Morgan fingerprint density at radius 1 is 0.697 bits per heavy atom. The highest BCUT2D eigenvalue weighted by Gasteiger charge is 2.19. The minimum absolute atomic E-state index is 0.563. The van der Waals surface area contributed by atoms with Crippen LogP contribution in [0.2, 0.25) is 0 Å². The quantitative estimate of drug-likeness (QED) is 0.163. The molecule has 1 heterocycles. The number of nitrogens with zero attached hydrogens (tertiary/aromatic N) is 2. The van der Waals surface area contributed by atoms with E-state index in [-0.39, 0.29) is 0 Å². The Labute approximate surface area is 218 Å². The smallest absolute Gasteiger partial charge is 0.0505 e. The van der Waals surface area contributed by atoms with Crippen LogP contribution in [0.25, 0.3) is 21.8 Å². The molecule has 0 bridgehead atoms. The highest BCUT2D eigenvalue weighted by molar-refractivity contribution is 9.10. The first-order valence-electron chi connectivity index (χ1n) is 13.2. The molecule has 1 atom stereocenters. The molecule has 1 unspecified atom stereocenters. The average Bonchev–Trinajstić information content (AvgIpc) is 3.12. The maximum Gasteiger partial charge on any atom is 0.0505 e. The van der Waals surface area contributed by atoms with E-state index in [0.717, 1.165) is 0 Å². The van der Waals surface area contributed by atoms with Crippen LogP contribution >= 0.6 is 31.9 Å². The van der Waals surface area contributed by atoms with Gasteiger partial charge < -0.3 is 9.47 Å². The largest absolute Gasteiger partial charge is 0.337 e. The number of hydrogen-bond acceptors (Lipinski definition) is 1. The van der Waals surface area contributed by atoms with Crippen molar-refractivity contribution in [3.05, 3.63) is 45.3 Å². The van der Waals surface area contributed by atoms with Gasteiger partial charge >= 0.3 is 0 Å². The van der Waals surface area contributed by atoms with Crippen LogP contribution in [-0.4, -0.2) is 29.1 Å². The van der Waals surface area contributed by atoms with Gasteiger partial charge in [-0.2, -0.15) is 0 Å². The predicted molar refractivity (Wildman–Crippen MR) is 154 cm³/mol. The van der Waals surface area contributed by atoms with Crippen molar-refractivity contribution in [3.8, 4) is 0 Å². The van der Waals surface area contributed by atoms with Gasteiger partial charge in [-0.1, -0.05) is 110 Å². The van der Waals surface area contributed by atoms with E-state index >= 15 is 0 Å². The van der Waals surface area contributed by atoms with Gasteiger partial charge in [0.25, 0.3) is 0 Å². The number of benzene rings is 2. The number of halogens is 2. The summed E-state index contributed by atoms with van der Waals surface area (Å²) in [4.78, 5) is 2.55. The maximum atomic E-state index is 3.74. The van der Waals surface area contributed by atoms with E-state index in [0.29, 0.717) is 6.04 Å². The van der Waals surface area contributed by atoms with Crippen molar-refractivity contribution >= 4 is 53.7 Å². The van der Waals surface area contributed by atoms with Gasteiger partial charge in [0.05, 0.1) is 11.0 Å². The van der Waals surface area contributed by atoms with Gasteiger partial charge in [-0.3, -0.25) is 0 Å². The van der Waals surface area contributed by atoms with Gasteiger partial charge in [0, 0.05) is 25.8 Å². The van der Waals surface area contributed by atoms with Crippen LogP contribution in [-0.2, 0) is 0 Å². The molecule has 0 aliphatic rings. The molecule has 2 aromatic carbocycles. The number of fused-ring (bicyclic) bond motifs is 3. The molecule has 0 saturated heterocycles. The van der Waals surface area contributed by atoms with E-state index in [4.69, 9.17) is 0 Å². The van der Waals surface area contributed by atoms with Crippen molar-refractivity contribution in [2.75, 3.05) is 19.6 Å². The number of hydrogen-bond donors (Lipinski definition) is 0. The molecule has 0 fully saturated rings. The molecule has 0 N–H and O–H groups in total. The van der Waals surface area contributed by atoms with E-state index < -0.39 is 0 Å². The molecule has 0 amide bonds. The molecular weight excluding hydrogens is 536 g/mol. The number of aromatic nitrogens is 1. The molecule has 1 aromatic heterocycles. The van der Waals surface area contributed by atoms with Crippen molar-refractivity contribution in [2.24, 2.45) is 0 Å². The molecule has 3 aromatic rings. The Morgan fingerprint density at radius 2 is 1.21 bits per heavy atom. The Bertz CT molecular complexity index is 931. The summed E-state index contributed by atoms with van der Waals surface area (Å²) >= 11 is 7.48. The second kappa shape index (κ2) is 13.9. The van der Waals surface area contributed by atoms with Crippen LogP contribution in [0.4, 0.5) is 0 Å². The molecule has 3 rings (SSSR count). The fourth-order valence-corrected chi connectivity index (χ4v) is 5.90. The topological polar surface area (TPSA) is 8.17 Å². The molecule has 4 heteroatoms. The molecular formula is C29H42Br2N2. The summed E-state index contributed by atoms with van der Waals surface area (Å²) < 4.78 is 5.00. The minimum Gasteiger partial charge on any atom is -0.337 e. The molecule has 182 valence electrons. The fourth-order valence-electron chi connectivity index (χ4n) is 5.20. The van der Waals surface area contributed by atoms with Gasteiger partial charge in [0.15, 0.2) is 0 Å². The standard InChI is InChI=1S/C29H42Br2N2/c1-4-7-8-11-14-25(15-12-9-10-13-20-32(5-2)6-3)33-28-21-23(30)16-18-26(28)27-19-17-24(31)22-29(27)33/h16-19,21-22,25H,4-15,20H2,1-3H3. The van der Waals surface area contributed by atoms with Gasteiger partial charge in [-0.15, -0.1) is 0 Å². The Morgan fingerprint density at radius 3 is 1.73 bits per heavy atom. The van der Waals surface area contributed by atoms with Crippen molar-refractivity contribution in [3.63, 3.8) is 0 Å². The van der Waals surface area contributed by atoms with Gasteiger partial charge in [-0.25, -0.2) is 0 Å². The van der Waals surface area contributed by atoms with Gasteiger partial charge in [0.1, 0.15) is 0 Å². The lowest BCUT2D eigenvalue weighted by molar-refractivity contribution is 0.294. The maximum absolute atomic E-state index is 3.74. The second-order valence-corrected chi connectivity index (χ2v) is 11.3. The first-order chi connectivity index (χ1) is 16.1. The number of unbranched alkanes of at least 4 members (excludes halogenated alkanes) is 6. The third-order valence-electron chi connectivity index (χ3n) is 7.14. The summed E-state index contributed by atoms with van der Waals surface area (Å²) in [7, 11) is 0. The first-order valence-corrected chi connectivity index (χ1v) is 14.8. The van der Waals surface area contributed by atoms with Crippen LogP contribution in [0.3, 0.4) is 0 Å². The lowest BCUT2D eigenvalue weighted by Gasteiger charge is -2.22. The molecule has 0 spiro atoms. The van der Waals surface area contributed by atoms with E-state index in [1.54, 1.807) is 0 Å². The monoisotopic (exact) mass is 576 g/mol. The Kier molecular flexibility index (Phi) is 11.3. The molecule has 0 aliphatic heterocycles. The minimum atomic E-state index is 0.563. The third kappa shape index (κ3) is 7.32. The molecule has 33 heavy (non-hydrogen) atoms. The van der Waals surface area contributed by atoms with Gasteiger partial charge in [0.2, 0.25) is 0 Å². The summed E-state index contributed by atoms with van der Waals surface area (Å²) in [6.07, 6.45) is 13.2. The Balaban J connectivity index is 1.79. The van der Waals surface area contributed by atoms with Crippen molar-refractivity contribution in [2.45, 2.75) is 91.0 Å². The molecule has 0 aliphatic carbocycles. The zero-order valence-electron chi connectivity index (χ0n) is 20.9. The SMILES string of the molecule is CCCCCCC(CCCCCCN(CC)CC)n1c2cc(Br)ccc2c2ccc(Br)cc21. The van der Waals surface area contributed by atoms with Crippen molar-refractivity contribution in [1.82, 2.24) is 9.47 Å². The van der Waals surface area contributed by atoms with E-state index in [2.05, 4.69) is 98.5 Å². The highest BCUT2D eigenvalue weighted by Crippen LogP contribution is 2.38. The molecule has 0 saturated carbocycles. The predicted octanol–water partition coefficient (Wildman–Crippen LogP) is 10.1. The van der Waals surface area contributed by atoms with E-state index in [1.165, 1.54) is 115 Å². The van der Waals surface area contributed by atoms with Crippen LogP contribution in [0.15, 0.2) is 45.3 Å². The van der Waals surface area contributed by atoms with Crippen molar-refractivity contribution < 1.29 is 0 Å². The zero-order valence-corrected chi connectivity index (χ0v) is 24.1. The molecule has 0 radical (unpaired) electrons. The fraction of sp³-hybridized carbons (Fsp3) is 0.586. The first kappa shape index (κ1) is 26.8.